The van der Waals surface area contributed by atoms with Crippen LogP contribution in [0.2, 0.25) is 0 Å². The van der Waals surface area contributed by atoms with Crippen LogP contribution in [0.4, 0.5) is 23.2 Å². The number of nitrogens with zero attached hydrogens (tertiary/aromatic N) is 1. The van der Waals surface area contributed by atoms with Crippen LogP contribution < -0.4 is 5.73 Å². The number of aromatic nitrogens is 1. The van der Waals surface area contributed by atoms with Crippen LogP contribution in [0.1, 0.15) is 22.8 Å². The van der Waals surface area contributed by atoms with Crippen LogP contribution in [-0.2, 0) is 6.18 Å². The summed E-state index contributed by atoms with van der Waals surface area (Å²) < 4.78 is 51.7. The maximum atomic E-state index is 13.2. The predicted molar refractivity (Wildman–Crippen MR) is 64.1 cm³/mol. The van der Waals surface area contributed by atoms with Crippen molar-refractivity contribution in [2.75, 3.05) is 5.73 Å². The Morgan fingerprint density at radius 1 is 1.15 bits per heavy atom. The molecule has 1 aromatic carbocycles. The first-order chi connectivity index (χ1) is 9.30. The van der Waals surface area contributed by atoms with Gasteiger partial charge in [0.15, 0.2) is 0 Å². The van der Waals surface area contributed by atoms with Crippen LogP contribution in [0, 0.1) is 5.82 Å². The molecule has 0 spiro atoms. The third-order valence-electron chi connectivity index (χ3n) is 2.80. The Labute approximate surface area is 111 Å². The molecule has 1 aromatic heterocycles. The second-order valence-corrected chi connectivity index (χ2v) is 4.14. The van der Waals surface area contributed by atoms with E-state index in [4.69, 9.17) is 5.73 Å². The third kappa shape index (κ3) is 2.72. The Balaban J connectivity index is 2.54. The lowest BCUT2D eigenvalue weighted by Crippen LogP contribution is -2.14. The molecule has 0 radical (unpaired) electrons. The maximum absolute atomic E-state index is 13.2. The Morgan fingerprint density at radius 3 is 2.50 bits per heavy atom. The first-order valence-corrected chi connectivity index (χ1v) is 5.55. The second kappa shape index (κ2) is 5.09. The first-order valence-electron chi connectivity index (χ1n) is 5.55. The van der Waals surface area contributed by atoms with Crippen molar-refractivity contribution in [2.24, 2.45) is 0 Å². The Bertz CT molecular complexity index is 628. The van der Waals surface area contributed by atoms with Gasteiger partial charge in [0, 0.05) is 29.2 Å². The molecule has 0 aliphatic heterocycles. The molecule has 3 N–H and O–H groups in total. The second-order valence-electron chi connectivity index (χ2n) is 4.14. The highest BCUT2D eigenvalue weighted by Crippen LogP contribution is 2.37. The van der Waals surface area contributed by atoms with E-state index in [0.717, 1.165) is 30.6 Å². The van der Waals surface area contributed by atoms with E-state index in [2.05, 4.69) is 4.98 Å². The van der Waals surface area contributed by atoms with Crippen molar-refractivity contribution in [3.05, 3.63) is 59.2 Å². The molecule has 2 aromatic rings. The first kappa shape index (κ1) is 14.3. The molecule has 0 saturated heterocycles. The fraction of sp³-hybridized carbons (Fsp3) is 0.154. The van der Waals surface area contributed by atoms with Crippen molar-refractivity contribution in [2.45, 2.75) is 12.3 Å². The van der Waals surface area contributed by atoms with E-state index in [9.17, 15) is 22.7 Å². The number of halogens is 4. The zero-order chi connectivity index (χ0) is 14.9. The number of benzene rings is 1. The lowest BCUT2D eigenvalue weighted by molar-refractivity contribution is -0.139. The van der Waals surface area contributed by atoms with Crippen LogP contribution in [0.25, 0.3) is 0 Å². The van der Waals surface area contributed by atoms with E-state index in [1.165, 1.54) is 6.07 Å². The molecule has 1 atom stereocenters. The Kier molecular flexibility index (Phi) is 3.63. The summed E-state index contributed by atoms with van der Waals surface area (Å²) in [5, 5.41) is 10.1. The zero-order valence-corrected chi connectivity index (χ0v) is 10.0. The van der Waals surface area contributed by atoms with Gasteiger partial charge in [-0.1, -0.05) is 0 Å². The van der Waals surface area contributed by atoms with Crippen LogP contribution in [0.5, 0.6) is 0 Å². The average Bonchev–Trinajstić information content (AvgIpc) is 2.40. The van der Waals surface area contributed by atoms with Gasteiger partial charge in [-0.15, -0.1) is 0 Å². The minimum absolute atomic E-state index is 0.00382. The number of anilines is 1. The summed E-state index contributed by atoms with van der Waals surface area (Å²) >= 11 is 0. The number of nitrogens with two attached hydrogens (primary N) is 1. The van der Waals surface area contributed by atoms with E-state index in [1.54, 1.807) is 0 Å². The predicted octanol–water partition coefficient (Wildman–Crippen LogP) is 2.90. The number of hydrogen-bond acceptors (Lipinski definition) is 3. The van der Waals surface area contributed by atoms with Gasteiger partial charge in [-0.3, -0.25) is 4.98 Å². The van der Waals surface area contributed by atoms with Gasteiger partial charge in [-0.05, 0) is 24.3 Å². The molecule has 1 heterocycles. The van der Waals surface area contributed by atoms with Gasteiger partial charge >= 0.3 is 6.18 Å². The summed E-state index contributed by atoms with van der Waals surface area (Å²) in [4.78, 5) is 3.56. The van der Waals surface area contributed by atoms with Gasteiger partial charge in [0.25, 0.3) is 0 Å². The molecule has 0 amide bonds. The molecule has 20 heavy (non-hydrogen) atoms. The summed E-state index contributed by atoms with van der Waals surface area (Å²) in [7, 11) is 0. The Hall–Kier alpha value is -2.15. The lowest BCUT2D eigenvalue weighted by Gasteiger charge is -2.18. The molecule has 0 aliphatic rings. The van der Waals surface area contributed by atoms with Crippen LogP contribution >= 0.6 is 0 Å². The number of nitrogen functional groups attached to an aromatic ring is 1. The average molecular weight is 286 g/mol. The SMILES string of the molecule is Nc1ccc(F)cc1C(O)c1cnccc1C(F)(F)F. The number of aliphatic hydroxyl groups is 1. The molecule has 0 aliphatic carbocycles. The molecule has 0 bridgehead atoms. The largest absolute Gasteiger partial charge is 0.416 e. The van der Waals surface area contributed by atoms with Crippen molar-refractivity contribution in [1.29, 1.82) is 0 Å². The number of aliphatic hydroxyl groups excluding tert-OH is 1. The van der Waals surface area contributed by atoms with Gasteiger partial charge in [0.05, 0.1) is 5.56 Å². The van der Waals surface area contributed by atoms with E-state index in [0.29, 0.717) is 0 Å². The minimum Gasteiger partial charge on any atom is -0.398 e. The summed E-state index contributed by atoms with van der Waals surface area (Å²) in [6, 6.07) is 3.87. The van der Waals surface area contributed by atoms with Crippen molar-refractivity contribution in [1.82, 2.24) is 4.98 Å². The van der Waals surface area contributed by atoms with Crippen LogP contribution in [0.15, 0.2) is 36.7 Å². The molecule has 106 valence electrons. The molecular formula is C13H10F4N2O. The highest BCUT2D eigenvalue weighted by molar-refractivity contribution is 5.51. The van der Waals surface area contributed by atoms with Gasteiger partial charge in [-0.2, -0.15) is 13.2 Å². The van der Waals surface area contributed by atoms with Crippen molar-refractivity contribution >= 4 is 5.69 Å². The van der Waals surface area contributed by atoms with Crippen molar-refractivity contribution in [3.8, 4) is 0 Å². The van der Waals surface area contributed by atoms with E-state index < -0.39 is 29.2 Å². The topological polar surface area (TPSA) is 59.1 Å². The smallest absolute Gasteiger partial charge is 0.398 e. The fourth-order valence-electron chi connectivity index (χ4n) is 1.83. The summed E-state index contributed by atoms with van der Waals surface area (Å²) in [5.74, 6) is -0.703. The zero-order valence-electron chi connectivity index (χ0n) is 10.0. The van der Waals surface area contributed by atoms with Crippen molar-refractivity contribution in [3.63, 3.8) is 0 Å². The van der Waals surface area contributed by atoms with E-state index >= 15 is 0 Å². The number of hydrogen-bond donors (Lipinski definition) is 2. The monoisotopic (exact) mass is 286 g/mol. The highest BCUT2D eigenvalue weighted by atomic mass is 19.4. The maximum Gasteiger partial charge on any atom is 0.416 e. The minimum atomic E-state index is -4.65. The normalized spacial score (nSPS) is 13.2. The molecule has 0 fully saturated rings. The van der Waals surface area contributed by atoms with E-state index in [-0.39, 0.29) is 11.3 Å². The quantitative estimate of drug-likeness (QED) is 0.659. The molecule has 0 saturated carbocycles. The fourth-order valence-corrected chi connectivity index (χ4v) is 1.83. The molecular weight excluding hydrogens is 276 g/mol. The molecule has 1 unspecified atom stereocenters. The van der Waals surface area contributed by atoms with Crippen LogP contribution in [-0.4, -0.2) is 10.1 Å². The van der Waals surface area contributed by atoms with Crippen molar-refractivity contribution < 1.29 is 22.7 Å². The molecule has 7 heteroatoms. The van der Waals surface area contributed by atoms with E-state index in [1.807, 2.05) is 0 Å². The van der Waals surface area contributed by atoms with Gasteiger partial charge < -0.3 is 10.8 Å². The summed E-state index contributed by atoms with van der Waals surface area (Å²) in [5.41, 5.74) is 3.91. The van der Waals surface area contributed by atoms with Crippen LogP contribution in [0.3, 0.4) is 0 Å². The Morgan fingerprint density at radius 2 is 1.85 bits per heavy atom. The molecule has 3 nitrogen and oxygen atoms in total. The van der Waals surface area contributed by atoms with Gasteiger partial charge in [-0.25, -0.2) is 4.39 Å². The molecule has 2 rings (SSSR count). The summed E-state index contributed by atoms with van der Waals surface area (Å²) in [6.45, 7) is 0. The standard InChI is InChI=1S/C13H10F4N2O/c14-7-1-2-11(18)8(5-7)12(20)9-6-19-4-3-10(9)13(15,16)17/h1-6,12,20H,18H2. The third-order valence-corrected chi connectivity index (χ3v) is 2.80. The number of pyridine rings is 1. The summed E-state index contributed by atoms with van der Waals surface area (Å²) in [6.07, 6.45) is -4.51. The lowest BCUT2D eigenvalue weighted by atomic mass is 9.97. The number of alkyl halides is 3. The van der Waals surface area contributed by atoms with Gasteiger partial charge in [0.1, 0.15) is 11.9 Å². The van der Waals surface area contributed by atoms with Gasteiger partial charge in [0.2, 0.25) is 0 Å². The number of rotatable bonds is 2. The highest BCUT2D eigenvalue weighted by Gasteiger charge is 2.35.